The number of nitrogens with zero attached hydrogens (tertiary/aromatic N) is 2. The van der Waals surface area contributed by atoms with Crippen LogP contribution in [-0.2, 0) is 26.2 Å². The van der Waals surface area contributed by atoms with Crippen LogP contribution in [0.3, 0.4) is 0 Å². The van der Waals surface area contributed by atoms with Gasteiger partial charge in [0.15, 0.2) is 0 Å². The van der Waals surface area contributed by atoms with Crippen molar-refractivity contribution in [3.05, 3.63) is 63.1 Å². The molecule has 0 heterocycles. The van der Waals surface area contributed by atoms with Crippen molar-refractivity contribution in [3.8, 4) is 0 Å². The van der Waals surface area contributed by atoms with Crippen LogP contribution in [0.1, 0.15) is 38.3 Å². The summed E-state index contributed by atoms with van der Waals surface area (Å²) in [4.78, 5) is 27.8. The molecular formula is C24H31BrClN3O4S. The van der Waals surface area contributed by atoms with Gasteiger partial charge in [-0.3, -0.25) is 13.9 Å². The highest BCUT2D eigenvalue weighted by atomic mass is 79.9. The first-order valence-electron chi connectivity index (χ1n) is 10.9. The van der Waals surface area contributed by atoms with Crippen molar-refractivity contribution >= 4 is 55.1 Å². The van der Waals surface area contributed by atoms with Gasteiger partial charge in [0.25, 0.3) is 0 Å². The van der Waals surface area contributed by atoms with E-state index in [1.54, 1.807) is 26.0 Å². The Morgan fingerprint density at radius 2 is 1.74 bits per heavy atom. The molecule has 0 radical (unpaired) electrons. The van der Waals surface area contributed by atoms with E-state index in [-0.39, 0.29) is 18.5 Å². The SMILES string of the molecule is CC[C@@H](C)NC(=O)[C@H](C)N(Cc1ccc(Br)cc1)C(=O)CN(c1cc(Cl)ccc1C)S(C)(=O)=O. The highest BCUT2D eigenvalue weighted by Crippen LogP contribution is 2.27. The van der Waals surface area contributed by atoms with Crippen molar-refractivity contribution in [2.24, 2.45) is 0 Å². The standard InChI is InChI=1S/C24H31BrClN3O4S/c1-6-17(3)27-24(31)18(4)28(14-19-8-10-20(25)11-9-19)23(30)15-29(34(5,32)33)22-13-21(26)12-7-16(22)2/h7-13,17-18H,6,14-15H2,1-5H3,(H,27,31)/t17-,18+/m1/s1. The summed E-state index contributed by atoms with van der Waals surface area (Å²) < 4.78 is 27.2. The molecule has 1 N–H and O–H groups in total. The number of nitrogens with one attached hydrogen (secondary N) is 1. The van der Waals surface area contributed by atoms with Crippen LogP contribution in [0.2, 0.25) is 5.02 Å². The predicted octanol–water partition coefficient (Wildman–Crippen LogP) is 4.51. The largest absolute Gasteiger partial charge is 0.352 e. The third kappa shape index (κ3) is 7.71. The van der Waals surface area contributed by atoms with Crippen LogP contribution in [0, 0.1) is 6.92 Å². The van der Waals surface area contributed by atoms with E-state index in [2.05, 4.69) is 21.2 Å². The lowest BCUT2D eigenvalue weighted by Crippen LogP contribution is -2.52. The Hall–Kier alpha value is -2.10. The van der Waals surface area contributed by atoms with E-state index in [4.69, 9.17) is 11.6 Å². The van der Waals surface area contributed by atoms with Gasteiger partial charge < -0.3 is 10.2 Å². The van der Waals surface area contributed by atoms with E-state index < -0.39 is 28.5 Å². The highest BCUT2D eigenvalue weighted by molar-refractivity contribution is 9.10. The summed E-state index contributed by atoms with van der Waals surface area (Å²) >= 11 is 9.50. The number of benzene rings is 2. The second-order valence-corrected chi connectivity index (χ2v) is 11.6. The van der Waals surface area contributed by atoms with Gasteiger partial charge in [0.05, 0.1) is 11.9 Å². The molecule has 0 fully saturated rings. The van der Waals surface area contributed by atoms with Gasteiger partial charge in [0, 0.05) is 22.1 Å². The predicted molar refractivity (Wildman–Crippen MR) is 140 cm³/mol. The number of halogens is 2. The van der Waals surface area contributed by atoms with E-state index in [0.717, 1.165) is 27.0 Å². The molecule has 186 valence electrons. The third-order valence-electron chi connectivity index (χ3n) is 5.55. The zero-order valence-electron chi connectivity index (χ0n) is 20.0. The second-order valence-electron chi connectivity index (χ2n) is 8.34. The van der Waals surface area contributed by atoms with Crippen molar-refractivity contribution in [1.29, 1.82) is 0 Å². The number of carbonyl (C=O) groups is 2. The van der Waals surface area contributed by atoms with E-state index in [1.165, 1.54) is 11.0 Å². The molecular weight excluding hydrogens is 542 g/mol. The summed E-state index contributed by atoms with van der Waals surface area (Å²) in [7, 11) is -3.81. The molecule has 2 aromatic carbocycles. The molecule has 0 aliphatic rings. The molecule has 0 spiro atoms. The fraction of sp³-hybridized carbons (Fsp3) is 0.417. The van der Waals surface area contributed by atoms with Crippen molar-refractivity contribution in [2.45, 2.75) is 52.7 Å². The summed E-state index contributed by atoms with van der Waals surface area (Å²) in [6, 6.07) is 11.4. The highest BCUT2D eigenvalue weighted by Gasteiger charge is 2.31. The average molecular weight is 573 g/mol. The lowest BCUT2D eigenvalue weighted by molar-refractivity contribution is -0.139. The quantitative estimate of drug-likeness (QED) is 0.454. The van der Waals surface area contributed by atoms with Gasteiger partial charge in [0.2, 0.25) is 21.8 Å². The van der Waals surface area contributed by atoms with Crippen LogP contribution in [-0.4, -0.2) is 50.0 Å². The maximum absolute atomic E-state index is 13.5. The Balaban J connectivity index is 2.42. The lowest BCUT2D eigenvalue weighted by atomic mass is 10.1. The molecule has 0 bridgehead atoms. The maximum atomic E-state index is 13.5. The normalized spacial score (nSPS) is 13.1. The Morgan fingerprint density at radius 1 is 1.12 bits per heavy atom. The first-order chi connectivity index (χ1) is 15.8. The second kappa shape index (κ2) is 12.0. The molecule has 7 nitrogen and oxygen atoms in total. The smallest absolute Gasteiger partial charge is 0.244 e. The summed E-state index contributed by atoms with van der Waals surface area (Å²) in [5, 5.41) is 3.26. The molecule has 0 aromatic heterocycles. The minimum atomic E-state index is -3.81. The van der Waals surface area contributed by atoms with Gasteiger partial charge in [-0.15, -0.1) is 0 Å². The van der Waals surface area contributed by atoms with Crippen molar-refractivity contribution in [1.82, 2.24) is 10.2 Å². The van der Waals surface area contributed by atoms with Gasteiger partial charge in [0.1, 0.15) is 12.6 Å². The third-order valence-corrected chi connectivity index (χ3v) is 7.44. The number of anilines is 1. The fourth-order valence-corrected chi connectivity index (χ4v) is 4.61. The van der Waals surface area contributed by atoms with Gasteiger partial charge in [-0.25, -0.2) is 8.42 Å². The fourth-order valence-electron chi connectivity index (χ4n) is 3.28. The van der Waals surface area contributed by atoms with Crippen LogP contribution in [0.25, 0.3) is 0 Å². The first-order valence-corrected chi connectivity index (χ1v) is 13.9. The molecule has 0 unspecified atom stereocenters. The minimum Gasteiger partial charge on any atom is -0.352 e. The molecule has 2 amide bonds. The van der Waals surface area contributed by atoms with Gasteiger partial charge >= 0.3 is 0 Å². The molecule has 0 saturated carbocycles. The number of hydrogen-bond donors (Lipinski definition) is 1. The van der Waals surface area contributed by atoms with Gasteiger partial charge in [-0.05, 0) is 62.6 Å². The molecule has 0 aliphatic heterocycles. The van der Waals surface area contributed by atoms with E-state index >= 15 is 0 Å². The molecule has 0 aliphatic carbocycles. The first kappa shape index (κ1) is 28.1. The Labute approximate surface area is 215 Å². The van der Waals surface area contributed by atoms with Gasteiger partial charge in [-0.1, -0.05) is 52.7 Å². The van der Waals surface area contributed by atoms with E-state index in [0.29, 0.717) is 16.3 Å². The molecule has 10 heteroatoms. The summed E-state index contributed by atoms with van der Waals surface area (Å²) in [6.45, 7) is 6.92. The van der Waals surface area contributed by atoms with Crippen LogP contribution >= 0.6 is 27.5 Å². The minimum absolute atomic E-state index is 0.0544. The van der Waals surface area contributed by atoms with Crippen molar-refractivity contribution in [3.63, 3.8) is 0 Å². The molecule has 0 saturated heterocycles. The average Bonchev–Trinajstić information content (AvgIpc) is 2.77. The van der Waals surface area contributed by atoms with Crippen LogP contribution in [0.15, 0.2) is 46.9 Å². The maximum Gasteiger partial charge on any atom is 0.244 e. The van der Waals surface area contributed by atoms with Crippen LogP contribution < -0.4 is 9.62 Å². The molecule has 2 aromatic rings. The Bertz CT molecular complexity index is 1130. The summed E-state index contributed by atoms with van der Waals surface area (Å²) in [6.07, 6.45) is 1.79. The van der Waals surface area contributed by atoms with Crippen LogP contribution in [0.5, 0.6) is 0 Å². The van der Waals surface area contributed by atoms with Crippen molar-refractivity contribution < 1.29 is 18.0 Å². The number of hydrogen-bond acceptors (Lipinski definition) is 4. The number of aryl methyl sites for hydroxylation is 1. The number of carbonyl (C=O) groups excluding carboxylic acids is 2. The molecule has 2 rings (SSSR count). The van der Waals surface area contributed by atoms with Gasteiger partial charge in [-0.2, -0.15) is 0 Å². The van der Waals surface area contributed by atoms with E-state index in [9.17, 15) is 18.0 Å². The zero-order chi connectivity index (χ0) is 25.6. The Morgan fingerprint density at radius 3 is 2.29 bits per heavy atom. The van der Waals surface area contributed by atoms with Crippen molar-refractivity contribution in [2.75, 3.05) is 17.1 Å². The monoisotopic (exact) mass is 571 g/mol. The molecule has 2 atom stereocenters. The number of sulfonamides is 1. The zero-order valence-corrected chi connectivity index (χ0v) is 23.2. The molecule has 34 heavy (non-hydrogen) atoms. The topological polar surface area (TPSA) is 86.8 Å². The van der Waals surface area contributed by atoms with E-state index in [1.807, 2.05) is 38.1 Å². The summed E-state index contributed by atoms with van der Waals surface area (Å²) in [5.41, 5.74) is 1.79. The number of rotatable bonds is 10. The Kier molecular flexibility index (Phi) is 9.96. The lowest BCUT2D eigenvalue weighted by Gasteiger charge is -2.32. The van der Waals surface area contributed by atoms with Crippen LogP contribution in [0.4, 0.5) is 5.69 Å². The number of amides is 2. The summed E-state index contributed by atoms with van der Waals surface area (Å²) in [5.74, 6) is -0.802.